The van der Waals surface area contributed by atoms with Crippen molar-refractivity contribution < 1.29 is 4.79 Å². The number of amides is 1. The Bertz CT molecular complexity index is 448. The molecule has 18 heavy (non-hydrogen) atoms. The number of nitrogens with zero attached hydrogens (tertiary/aromatic N) is 1. The van der Waals surface area contributed by atoms with Crippen LogP contribution < -0.4 is 5.32 Å². The van der Waals surface area contributed by atoms with Crippen LogP contribution in [-0.4, -0.2) is 36.0 Å². The smallest absolute Gasteiger partial charge is 0.261 e. The van der Waals surface area contributed by atoms with Gasteiger partial charge >= 0.3 is 0 Å². The van der Waals surface area contributed by atoms with Crippen molar-refractivity contribution in [1.29, 1.82) is 0 Å². The summed E-state index contributed by atoms with van der Waals surface area (Å²) >= 11 is 4.88. The summed E-state index contributed by atoms with van der Waals surface area (Å²) in [7, 11) is 2.22. The molecule has 2 saturated heterocycles. The zero-order valence-corrected chi connectivity index (χ0v) is 12.8. The van der Waals surface area contributed by atoms with Gasteiger partial charge in [0.1, 0.15) is 0 Å². The van der Waals surface area contributed by atoms with E-state index in [2.05, 4.69) is 33.2 Å². The number of fused-ring (bicyclic) bond motifs is 2. The summed E-state index contributed by atoms with van der Waals surface area (Å²) in [5, 5.41) is 5.15. The Balaban J connectivity index is 1.62. The predicted octanol–water partition coefficient (Wildman–Crippen LogP) is 2.87. The van der Waals surface area contributed by atoms with E-state index in [1.807, 2.05) is 11.4 Å². The minimum atomic E-state index is 0.0830. The van der Waals surface area contributed by atoms with Gasteiger partial charge in [0.15, 0.2) is 0 Å². The number of hydrogen-bond donors (Lipinski definition) is 1. The van der Waals surface area contributed by atoms with Crippen LogP contribution in [0.5, 0.6) is 0 Å². The highest BCUT2D eigenvalue weighted by Gasteiger charge is 2.38. The Hall–Kier alpha value is -0.390. The van der Waals surface area contributed by atoms with Gasteiger partial charge in [-0.25, -0.2) is 0 Å². The minimum absolute atomic E-state index is 0.0830. The van der Waals surface area contributed by atoms with Crippen molar-refractivity contribution in [2.45, 2.75) is 43.8 Å². The van der Waals surface area contributed by atoms with E-state index in [0.717, 1.165) is 22.2 Å². The van der Waals surface area contributed by atoms with Crippen LogP contribution in [0.25, 0.3) is 0 Å². The molecule has 0 saturated carbocycles. The number of carbonyl (C=O) groups is 1. The standard InChI is InChI=1S/C13H17BrN2OS/c1-16-10-2-3-11(16)6-9(5-10)15-13(17)12-4-8(14)7-18-12/h4,7,9-11H,2-3,5-6H2,1H3,(H,15,17). The van der Waals surface area contributed by atoms with Crippen LogP contribution in [0.4, 0.5) is 0 Å². The van der Waals surface area contributed by atoms with Crippen molar-refractivity contribution in [2.24, 2.45) is 0 Å². The Kier molecular flexibility index (Phi) is 3.47. The van der Waals surface area contributed by atoms with E-state index in [4.69, 9.17) is 0 Å². The third kappa shape index (κ3) is 2.36. The van der Waals surface area contributed by atoms with Gasteiger partial charge < -0.3 is 10.2 Å². The highest BCUT2D eigenvalue weighted by atomic mass is 79.9. The van der Waals surface area contributed by atoms with Gasteiger partial charge in [-0.1, -0.05) is 0 Å². The zero-order valence-electron chi connectivity index (χ0n) is 10.4. The summed E-state index contributed by atoms with van der Waals surface area (Å²) in [5.41, 5.74) is 0. The monoisotopic (exact) mass is 328 g/mol. The maximum atomic E-state index is 12.1. The van der Waals surface area contributed by atoms with E-state index in [1.165, 1.54) is 24.2 Å². The van der Waals surface area contributed by atoms with Crippen molar-refractivity contribution in [2.75, 3.05) is 7.05 Å². The molecule has 0 spiro atoms. The van der Waals surface area contributed by atoms with E-state index in [9.17, 15) is 4.79 Å². The fourth-order valence-electron chi connectivity index (χ4n) is 3.22. The molecule has 1 aromatic heterocycles. The van der Waals surface area contributed by atoms with Gasteiger partial charge in [0.2, 0.25) is 0 Å². The van der Waals surface area contributed by atoms with E-state index in [0.29, 0.717) is 18.1 Å². The fraction of sp³-hybridized carbons (Fsp3) is 0.615. The van der Waals surface area contributed by atoms with Gasteiger partial charge in [0.05, 0.1) is 4.88 Å². The van der Waals surface area contributed by atoms with Crippen molar-refractivity contribution in [1.82, 2.24) is 10.2 Å². The summed E-state index contributed by atoms with van der Waals surface area (Å²) < 4.78 is 0.987. The van der Waals surface area contributed by atoms with E-state index < -0.39 is 0 Å². The topological polar surface area (TPSA) is 32.3 Å². The molecule has 5 heteroatoms. The van der Waals surface area contributed by atoms with Crippen LogP contribution in [-0.2, 0) is 0 Å². The molecule has 2 atom stereocenters. The number of nitrogens with one attached hydrogen (secondary N) is 1. The molecule has 2 unspecified atom stereocenters. The van der Waals surface area contributed by atoms with Crippen LogP contribution in [0.3, 0.4) is 0 Å². The van der Waals surface area contributed by atoms with Crippen molar-refractivity contribution in [3.05, 3.63) is 20.8 Å². The number of rotatable bonds is 2. The lowest BCUT2D eigenvalue weighted by molar-refractivity contribution is 0.0886. The predicted molar refractivity (Wildman–Crippen MR) is 77.1 cm³/mol. The lowest BCUT2D eigenvalue weighted by Gasteiger charge is -2.36. The summed E-state index contributed by atoms with van der Waals surface area (Å²) in [6.07, 6.45) is 4.78. The normalized spacial score (nSPS) is 31.6. The third-order valence-corrected chi connectivity index (χ3v) is 5.91. The summed E-state index contributed by atoms with van der Waals surface area (Å²) in [6, 6.07) is 3.59. The van der Waals surface area contributed by atoms with Gasteiger partial charge in [-0.2, -0.15) is 0 Å². The first-order chi connectivity index (χ1) is 8.63. The van der Waals surface area contributed by atoms with Gasteiger partial charge in [-0.15, -0.1) is 11.3 Å². The lowest BCUT2D eigenvalue weighted by atomic mass is 9.98. The molecular formula is C13H17BrN2OS. The van der Waals surface area contributed by atoms with Crippen LogP contribution in [0, 0.1) is 0 Å². The molecule has 3 nitrogen and oxygen atoms in total. The molecule has 1 amide bonds. The molecule has 3 rings (SSSR count). The summed E-state index contributed by atoms with van der Waals surface area (Å²) in [6.45, 7) is 0. The maximum absolute atomic E-state index is 12.1. The number of thiophene rings is 1. The zero-order chi connectivity index (χ0) is 12.7. The number of carbonyl (C=O) groups excluding carboxylic acids is 1. The molecule has 0 aliphatic carbocycles. The highest BCUT2D eigenvalue weighted by molar-refractivity contribution is 9.10. The Labute approximate surface area is 120 Å². The number of piperidine rings is 1. The molecule has 0 radical (unpaired) electrons. The largest absolute Gasteiger partial charge is 0.348 e. The average molecular weight is 329 g/mol. The third-order valence-electron chi connectivity index (χ3n) is 4.22. The Morgan fingerprint density at radius 3 is 2.67 bits per heavy atom. The van der Waals surface area contributed by atoms with Gasteiger partial charge in [-0.05, 0) is 54.7 Å². The van der Waals surface area contributed by atoms with E-state index in [1.54, 1.807) is 0 Å². The Morgan fingerprint density at radius 1 is 1.44 bits per heavy atom. The Morgan fingerprint density at radius 2 is 2.11 bits per heavy atom. The summed E-state index contributed by atoms with van der Waals surface area (Å²) in [4.78, 5) is 15.4. The molecule has 1 N–H and O–H groups in total. The minimum Gasteiger partial charge on any atom is -0.348 e. The maximum Gasteiger partial charge on any atom is 0.261 e. The van der Waals surface area contributed by atoms with E-state index in [-0.39, 0.29) is 5.91 Å². The molecule has 1 aromatic rings. The van der Waals surface area contributed by atoms with Gasteiger partial charge in [0.25, 0.3) is 5.91 Å². The molecule has 98 valence electrons. The quantitative estimate of drug-likeness (QED) is 0.905. The first-order valence-corrected chi connectivity index (χ1v) is 8.07. The number of halogens is 1. The lowest BCUT2D eigenvalue weighted by Crippen LogP contribution is -2.48. The molecule has 0 aromatic carbocycles. The second kappa shape index (κ2) is 4.94. The molecule has 2 aliphatic heterocycles. The second-order valence-corrected chi connectivity index (χ2v) is 7.15. The molecule has 3 heterocycles. The average Bonchev–Trinajstić information content (AvgIpc) is 2.82. The first kappa shape index (κ1) is 12.6. The molecule has 2 aliphatic rings. The second-order valence-electron chi connectivity index (χ2n) is 5.32. The van der Waals surface area contributed by atoms with Crippen LogP contribution in [0.15, 0.2) is 15.9 Å². The molecule has 2 bridgehead atoms. The van der Waals surface area contributed by atoms with Crippen LogP contribution in [0.1, 0.15) is 35.4 Å². The van der Waals surface area contributed by atoms with Crippen molar-refractivity contribution >= 4 is 33.2 Å². The molecule has 2 fully saturated rings. The summed E-state index contributed by atoms with van der Waals surface area (Å²) in [5.74, 6) is 0.0830. The first-order valence-electron chi connectivity index (χ1n) is 6.40. The van der Waals surface area contributed by atoms with Crippen molar-refractivity contribution in [3.63, 3.8) is 0 Å². The van der Waals surface area contributed by atoms with Gasteiger partial charge in [-0.3, -0.25) is 4.79 Å². The van der Waals surface area contributed by atoms with Crippen LogP contribution in [0.2, 0.25) is 0 Å². The van der Waals surface area contributed by atoms with Gasteiger partial charge in [0, 0.05) is 28.0 Å². The van der Waals surface area contributed by atoms with Crippen molar-refractivity contribution in [3.8, 4) is 0 Å². The SMILES string of the molecule is CN1C2CCC1CC(NC(=O)c1cc(Br)cs1)C2. The van der Waals surface area contributed by atoms with E-state index >= 15 is 0 Å². The van der Waals surface area contributed by atoms with Crippen LogP contribution >= 0.6 is 27.3 Å². The highest BCUT2D eigenvalue weighted by Crippen LogP contribution is 2.34. The molecular weight excluding hydrogens is 312 g/mol. The number of hydrogen-bond acceptors (Lipinski definition) is 3. The fourth-order valence-corrected chi connectivity index (χ4v) is 4.55.